The smallest absolute Gasteiger partial charge is 0.248 e. The van der Waals surface area contributed by atoms with Crippen LogP contribution < -0.4 is 5.32 Å². The van der Waals surface area contributed by atoms with Gasteiger partial charge in [-0.05, 0) is 27.2 Å². The molecule has 0 aromatic rings. The zero-order valence-electron chi connectivity index (χ0n) is 7.31. The van der Waals surface area contributed by atoms with Gasteiger partial charge in [0.1, 0.15) is 6.10 Å². The molecular formula is C8H15NO2. The van der Waals surface area contributed by atoms with Crippen LogP contribution in [0.5, 0.6) is 0 Å². The van der Waals surface area contributed by atoms with E-state index in [9.17, 15) is 4.79 Å². The SMILES string of the molecule is CC1OC(C)(C)CCNC1=O. The molecule has 0 saturated carbocycles. The monoisotopic (exact) mass is 157 g/mol. The molecule has 1 saturated heterocycles. The Kier molecular flexibility index (Phi) is 2.18. The minimum Gasteiger partial charge on any atom is -0.363 e. The Bertz CT molecular complexity index is 165. The molecule has 1 rings (SSSR count). The van der Waals surface area contributed by atoms with E-state index in [-0.39, 0.29) is 17.6 Å². The van der Waals surface area contributed by atoms with Crippen molar-refractivity contribution < 1.29 is 9.53 Å². The zero-order chi connectivity index (χ0) is 8.48. The van der Waals surface area contributed by atoms with Crippen LogP contribution in [0.15, 0.2) is 0 Å². The minimum atomic E-state index is -0.313. The summed E-state index contributed by atoms with van der Waals surface area (Å²) in [6.45, 7) is 6.51. The van der Waals surface area contributed by atoms with Gasteiger partial charge >= 0.3 is 0 Å². The quantitative estimate of drug-likeness (QED) is 0.562. The van der Waals surface area contributed by atoms with E-state index >= 15 is 0 Å². The Morgan fingerprint density at radius 3 is 2.91 bits per heavy atom. The highest BCUT2D eigenvalue weighted by Crippen LogP contribution is 2.18. The van der Waals surface area contributed by atoms with Gasteiger partial charge in [0.15, 0.2) is 0 Å². The van der Waals surface area contributed by atoms with Gasteiger partial charge in [0.25, 0.3) is 0 Å². The third-order valence-corrected chi connectivity index (χ3v) is 1.89. The van der Waals surface area contributed by atoms with Gasteiger partial charge in [-0.2, -0.15) is 0 Å². The average molecular weight is 157 g/mol. The van der Waals surface area contributed by atoms with E-state index in [1.165, 1.54) is 0 Å². The standard InChI is InChI=1S/C8H15NO2/c1-6-7(10)9-5-4-8(2,3)11-6/h6H,4-5H2,1-3H3,(H,9,10). The molecule has 1 N–H and O–H groups in total. The van der Waals surface area contributed by atoms with Crippen molar-refractivity contribution in [1.82, 2.24) is 5.32 Å². The van der Waals surface area contributed by atoms with Crippen LogP contribution in [0.1, 0.15) is 27.2 Å². The van der Waals surface area contributed by atoms with E-state index in [0.717, 1.165) is 13.0 Å². The first kappa shape index (κ1) is 8.53. The molecule has 0 radical (unpaired) electrons. The lowest BCUT2D eigenvalue weighted by Gasteiger charge is -2.24. The summed E-state index contributed by atoms with van der Waals surface area (Å²) in [7, 11) is 0. The second-order valence-electron chi connectivity index (χ2n) is 3.56. The minimum absolute atomic E-state index is 0.00410. The molecule has 1 aliphatic rings. The molecule has 11 heavy (non-hydrogen) atoms. The van der Waals surface area contributed by atoms with E-state index in [0.29, 0.717) is 0 Å². The Morgan fingerprint density at radius 2 is 2.27 bits per heavy atom. The van der Waals surface area contributed by atoms with Gasteiger partial charge in [0, 0.05) is 6.54 Å². The molecule has 0 aliphatic carbocycles. The molecular weight excluding hydrogens is 142 g/mol. The second kappa shape index (κ2) is 2.81. The maximum atomic E-state index is 11.1. The summed E-state index contributed by atoms with van der Waals surface area (Å²) in [5, 5.41) is 2.79. The van der Waals surface area contributed by atoms with Crippen molar-refractivity contribution in [2.75, 3.05) is 6.54 Å². The maximum absolute atomic E-state index is 11.1. The van der Waals surface area contributed by atoms with Gasteiger partial charge in [-0.3, -0.25) is 4.79 Å². The molecule has 1 atom stereocenters. The molecule has 3 nitrogen and oxygen atoms in total. The van der Waals surface area contributed by atoms with Crippen LogP contribution >= 0.6 is 0 Å². The van der Waals surface area contributed by atoms with Crippen LogP contribution in [0.2, 0.25) is 0 Å². The molecule has 0 bridgehead atoms. The third kappa shape index (κ3) is 2.19. The van der Waals surface area contributed by atoms with E-state index in [1.807, 2.05) is 13.8 Å². The summed E-state index contributed by atoms with van der Waals surface area (Å²) in [6.07, 6.45) is 0.566. The van der Waals surface area contributed by atoms with E-state index in [4.69, 9.17) is 4.74 Å². The lowest BCUT2D eigenvalue weighted by Crippen LogP contribution is -2.33. The number of amides is 1. The van der Waals surface area contributed by atoms with Crippen molar-refractivity contribution >= 4 is 5.91 Å². The topological polar surface area (TPSA) is 38.3 Å². The maximum Gasteiger partial charge on any atom is 0.248 e. The number of carbonyl (C=O) groups is 1. The Labute approximate surface area is 67.1 Å². The summed E-state index contributed by atoms with van der Waals surface area (Å²) in [5.41, 5.74) is -0.168. The molecule has 0 spiro atoms. The fourth-order valence-corrected chi connectivity index (χ4v) is 1.22. The van der Waals surface area contributed by atoms with Crippen molar-refractivity contribution in [2.45, 2.75) is 38.9 Å². The molecule has 1 fully saturated rings. The Morgan fingerprint density at radius 1 is 1.64 bits per heavy atom. The summed E-state index contributed by atoms with van der Waals surface area (Å²) < 4.78 is 5.50. The second-order valence-corrected chi connectivity index (χ2v) is 3.56. The average Bonchev–Trinajstić information content (AvgIpc) is 1.93. The molecule has 1 unspecified atom stereocenters. The number of hydrogen-bond acceptors (Lipinski definition) is 2. The highest BCUT2D eigenvalue weighted by molar-refractivity contribution is 5.80. The summed E-state index contributed by atoms with van der Waals surface area (Å²) >= 11 is 0. The van der Waals surface area contributed by atoms with Gasteiger partial charge in [-0.15, -0.1) is 0 Å². The van der Waals surface area contributed by atoms with Gasteiger partial charge < -0.3 is 10.1 Å². The Hall–Kier alpha value is -0.570. The molecule has 1 amide bonds. The van der Waals surface area contributed by atoms with Crippen LogP contribution in [0.4, 0.5) is 0 Å². The molecule has 0 aromatic heterocycles. The number of nitrogens with one attached hydrogen (secondary N) is 1. The predicted octanol–water partition coefficient (Wildman–Crippen LogP) is 0.690. The largest absolute Gasteiger partial charge is 0.363 e. The zero-order valence-corrected chi connectivity index (χ0v) is 7.31. The van der Waals surface area contributed by atoms with Gasteiger partial charge in [0.05, 0.1) is 5.60 Å². The number of ether oxygens (including phenoxy) is 1. The molecule has 1 heterocycles. The van der Waals surface area contributed by atoms with Crippen LogP contribution in [-0.2, 0) is 9.53 Å². The van der Waals surface area contributed by atoms with Crippen molar-refractivity contribution in [3.05, 3.63) is 0 Å². The highest BCUT2D eigenvalue weighted by Gasteiger charge is 2.28. The lowest BCUT2D eigenvalue weighted by molar-refractivity contribution is -0.137. The van der Waals surface area contributed by atoms with Crippen LogP contribution in [0, 0.1) is 0 Å². The normalized spacial score (nSPS) is 30.8. The summed E-state index contributed by atoms with van der Waals surface area (Å²) in [5.74, 6) is -0.00410. The fraction of sp³-hybridized carbons (Fsp3) is 0.875. The third-order valence-electron chi connectivity index (χ3n) is 1.89. The first-order chi connectivity index (χ1) is 5.01. The molecule has 0 aromatic carbocycles. The molecule has 1 aliphatic heterocycles. The first-order valence-electron chi connectivity index (χ1n) is 3.97. The van der Waals surface area contributed by atoms with E-state index in [1.54, 1.807) is 6.92 Å². The van der Waals surface area contributed by atoms with Gasteiger partial charge in [0.2, 0.25) is 5.91 Å². The number of carbonyl (C=O) groups excluding carboxylic acids is 1. The first-order valence-corrected chi connectivity index (χ1v) is 3.97. The van der Waals surface area contributed by atoms with Gasteiger partial charge in [-0.25, -0.2) is 0 Å². The van der Waals surface area contributed by atoms with Crippen molar-refractivity contribution in [1.29, 1.82) is 0 Å². The molecule has 64 valence electrons. The number of rotatable bonds is 0. The number of hydrogen-bond donors (Lipinski definition) is 1. The Balaban J connectivity index is 2.63. The summed E-state index contributed by atoms with van der Waals surface area (Å²) in [6, 6.07) is 0. The fourth-order valence-electron chi connectivity index (χ4n) is 1.22. The van der Waals surface area contributed by atoms with Crippen molar-refractivity contribution in [3.63, 3.8) is 0 Å². The van der Waals surface area contributed by atoms with Crippen LogP contribution in [0.25, 0.3) is 0 Å². The van der Waals surface area contributed by atoms with Crippen molar-refractivity contribution in [3.8, 4) is 0 Å². The van der Waals surface area contributed by atoms with Gasteiger partial charge in [-0.1, -0.05) is 0 Å². The predicted molar refractivity (Wildman–Crippen MR) is 42.3 cm³/mol. The summed E-state index contributed by atoms with van der Waals surface area (Å²) in [4.78, 5) is 11.1. The van der Waals surface area contributed by atoms with Crippen LogP contribution in [-0.4, -0.2) is 24.2 Å². The van der Waals surface area contributed by atoms with E-state index < -0.39 is 0 Å². The van der Waals surface area contributed by atoms with Crippen molar-refractivity contribution in [2.24, 2.45) is 0 Å². The highest BCUT2D eigenvalue weighted by atomic mass is 16.5. The molecule has 3 heteroatoms. The van der Waals surface area contributed by atoms with Crippen LogP contribution in [0.3, 0.4) is 0 Å². The lowest BCUT2D eigenvalue weighted by atomic mass is 10.1. The van der Waals surface area contributed by atoms with E-state index in [2.05, 4.69) is 5.32 Å².